The molecule has 0 unspecified atom stereocenters. The Morgan fingerprint density at radius 2 is 1.72 bits per heavy atom. The monoisotopic (exact) mass is 452 g/mol. The van der Waals surface area contributed by atoms with Crippen LogP contribution in [0.3, 0.4) is 0 Å². The van der Waals surface area contributed by atoms with Crippen molar-refractivity contribution in [2.45, 2.75) is 32.9 Å². The average Bonchev–Trinajstić information content (AvgIpc) is 2.71. The number of carbonyl (C=O) groups is 3. The zero-order valence-electron chi connectivity index (χ0n) is 17.1. The lowest BCUT2D eigenvalue weighted by Gasteiger charge is -2.10. The Morgan fingerprint density at radius 3 is 2.31 bits per heavy atom. The quantitative estimate of drug-likeness (QED) is 0.275. The van der Waals surface area contributed by atoms with Crippen LogP contribution in [0.1, 0.15) is 39.9 Å². The summed E-state index contributed by atoms with van der Waals surface area (Å²) in [6, 6.07) is 6.73. The zero-order valence-corrected chi connectivity index (χ0v) is 17.1. The second-order valence-corrected chi connectivity index (χ2v) is 6.92. The van der Waals surface area contributed by atoms with Gasteiger partial charge < -0.3 is 10.1 Å². The molecular weight excluding hydrogens is 433 g/mol. The first-order valence-corrected chi connectivity index (χ1v) is 9.30. The molecule has 0 aliphatic heterocycles. The number of halogens is 3. The van der Waals surface area contributed by atoms with E-state index >= 15 is 0 Å². The average molecular weight is 452 g/mol. The molecule has 0 spiro atoms. The van der Waals surface area contributed by atoms with Gasteiger partial charge in [0.1, 0.15) is 5.69 Å². The van der Waals surface area contributed by atoms with Crippen LogP contribution in [0.2, 0.25) is 0 Å². The molecule has 0 radical (unpaired) electrons. The van der Waals surface area contributed by atoms with Crippen LogP contribution in [-0.4, -0.2) is 29.2 Å². The fourth-order valence-corrected chi connectivity index (χ4v) is 2.64. The maximum absolute atomic E-state index is 12.7. The molecule has 1 N–H and O–H groups in total. The minimum atomic E-state index is -4.79. The first-order valence-electron chi connectivity index (χ1n) is 9.30. The third kappa shape index (κ3) is 6.62. The van der Waals surface area contributed by atoms with E-state index in [9.17, 15) is 37.7 Å². The van der Waals surface area contributed by atoms with Crippen molar-refractivity contribution < 1.29 is 37.2 Å². The van der Waals surface area contributed by atoms with E-state index in [1.807, 2.05) is 19.2 Å². The van der Waals surface area contributed by atoms with Crippen LogP contribution >= 0.6 is 0 Å². The topological polar surface area (TPSA) is 116 Å². The number of nitro benzene ring substituents is 1. The van der Waals surface area contributed by atoms with Crippen LogP contribution in [0.25, 0.3) is 0 Å². The maximum atomic E-state index is 12.7. The Balaban J connectivity index is 1.89. The van der Waals surface area contributed by atoms with Crippen molar-refractivity contribution in [1.29, 1.82) is 0 Å². The fraction of sp³-hybridized carbons (Fsp3) is 0.286. The van der Waals surface area contributed by atoms with Crippen molar-refractivity contribution in [3.63, 3.8) is 0 Å². The summed E-state index contributed by atoms with van der Waals surface area (Å²) in [6.45, 7) is 2.92. The highest BCUT2D eigenvalue weighted by Gasteiger charge is 2.33. The number of nitrogens with one attached hydrogen (secondary N) is 1. The number of rotatable bonds is 8. The largest absolute Gasteiger partial charge is 0.456 e. The van der Waals surface area contributed by atoms with E-state index in [1.165, 1.54) is 0 Å². The van der Waals surface area contributed by atoms with E-state index in [-0.39, 0.29) is 18.6 Å². The molecule has 0 saturated heterocycles. The molecule has 0 fully saturated rings. The molecule has 8 nitrogen and oxygen atoms in total. The molecule has 1 amide bonds. The molecule has 0 heterocycles. The number of aryl methyl sites for hydroxylation is 2. The first kappa shape index (κ1) is 24.5. The molecule has 32 heavy (non-hydrogen) atoms. The summed E-state index contributed by atoms with van der Waals surface area (Å²) >= 11 is 0. The van der Waals surface area contributed by atoms with Gasteiger partial charge in [0.2, 0.25) is 0 Å². The summed E-state index contributed by atoms with van der Waals surface area (Å²) in [5.41, 5.74) is -0.310. The molecule has 2 aromatic carbocycles. The second kappa shape index (κ2) is 10.0. The van der Waals surface area contributed by atoms with Gasteiger partial charge in [-0.3, -0.25) is 24.5 Å². The lowest BCUT2D eigenvalue weighted by molar-refractivity contribution is -0.384. The van der Waals surface area contributed by atoms with E-state index in [0.29, 0.717) is 17.7 Å². The number of hydrogen-bond donors (Lipinski definition) is 1. The molecule has 2 rings (SSSR count). The number of alkyl halides is 3. The van der Waals surface area contributed by atoms with Gasteiger partial charge in [0.25, 0.3) is 11.6 Å². The molecule has 0 bridgehead atoms. The van der Waals surface area contributed by atoms with Crippen LogP contribution in [-0.2, 0) is 20.5 Å². The standard InChI is InChI=1S/C21H19F3N2O6/c1-12-3-4-14(9-13(12)2)18(27)7-8-20(29)32-11-19(28)25-16-6-5-15(21(22,23)24)10-17(16)26(30)31/h3-6,9-10H,7-8,11H2,1-2H3,(H,25,28). The van der Waals surface area contributed by atoms with Gasteiger partial charge in [0, 0.05) is 18.1 Å². The summed E-state index contributed by atoms with van der Waals surface area (Å²) in [4.78, 5) is 45.8. The van der Waals surface area contributed by atoms with E-state index in [1.54, 1.807) is 18.2 Å². The number of carbonyl (C=O) groups excluding carboxylic acids is 3. The van der Waals surface area contributed by atoms with Gasteiger partial charge >= 0.3 is 12.1 Å². The van der Waals surface area contributed by atoms with Gasteiger partial charge in [-0.25, -0.2) is 0 Å². The van der Waals surface area contributed by atoms with Gasteiger partial charge in [-0.1, -0.05) is 12.1 Å². The number of hydrogen-bond acceptors (Lipinski definition) is 6. The molecule has 2 aromatic rings. The molecular formula is C21H19F3N2O6. The van der Waals surface area contributed by atoms with Crippen LogP contribution in [0.5, 0.6) is 0 Å². The highest BCUT2D eigenvalue weighted by Crippen LogP contribution is 2.34. The number of ketones is 1. The second-order valence-electron chi connectivity index (χ2n) is 6.92. The van der Waals surface area contributed by atoms with Gasteiger partial charge in [-0.2, -0.15) is 13.2 Å². The SMILES string of the molecule is Cc1ccc(C(=O)CCC(=O)OCC(=O)Nc2ccc(C(F)(F)F)cc2[N+](=O)[O-])cc1C. The molecule has 0 aliphatic rings. The third-order valence-corrected chi connectivity index (χ3v) is 4.55. The van der Waals surface area contributed by atoms with Gasteiger partial charge in [-0.05, 0) is 43.2 Å². The number of anilines is 1. The lowest BCUT2D eigenvalue weighted by atomic mass is 10.0. The van der Waals surface area contributed by atoms with Crippen LogP contribution in [0, 0.1) is 24.0 Å². The van der Waals surface area contributed by atoms with Crippen LogP contribution < -0.4 is 5.32 Å². The highest BCUT2D eigenvalue weighted by atomic mass is 19.4. The van der Waals surface area contributed by atoms with E-state index in [0.717, 1.165) is 17.2 Å². The number of amides is 1. The molecule has 0 atom stereocenters. The zero-order chi connectivity index (χ0) is 24.1. The Morgan fingerprint density at radius 1 is 1.03 bits per heavy atom. The van der Waals surface area contributed by atoms with Crippen molar-refractivity contribution in [3.05, 3.63) is 68.8 Å². The number of Topliss-reactive ketones (excluding diaryl/α,β-unsaturated/α-hetero) is 1. The van der Waals surface area contributed by atoms with Gasteiger partial charge in [-0.15, -0.1) is 0 Å². The Kier molecular flexibility index (Phi) is 7.68. The maximum Gasteiger partial charge on any atom is 0.416 e. The van der Waals surface area contributed by atoms with Gasteiger partial charge in [0.15, 0.2) is 12.4 Å². The first-order chi connectivity index (χ1) is 14.9. The molecule has 0 aliphatic carbocycles. The minimum Gasteiger partial charge on any atom is -0.456 e. The Bertz CT molecular complexity index is 1070. The Hall–Kier alpha value is -3.76. The van der Waals surface area contributed by atoms with Crippen molar-refractivity contribution in [2.75, 3.05) is 11.9 Å². The Labute approximate surface area is 180 Å². The molecule has 0 aromatic heterocycles. The van der Waals surface area contributed by atoms with E-state index in [4.69, 9.17) is 4.74 Å². The minimum absolute atomic E-state index is 0.146. The van der Waals surface area contributed by atoms with Crippen molar-refractivity contribution in [3.8, 4) is 0 Å². The van der Waals surface area contributed by atoms with Crippen molar-refractivity contribution >= 4 is 29.0 Å². The van der Waals surface area contributed by atoms with Crippen LogP contribution in [0.4, 0.5) is 24.5 Å². The third-order valence-electron chi connectivity index (χ3n) is 4.55. The van der Waals surface area contributed by atoms with Crippen molar-refractivity contribution in [2.24, 2.45) is 0 Å². The summed E-state index contributed by atoms with van der Waals surface area (Å²) in [5, 5.41) is 13.1. The number of ether oxygens (including phenoxy) is 1. The molecule has 0 saturated carbocycles. The number of benzene rings is 2. The predicted molar refractivity (Wildman–Crippen MR) is 107 cm³/mol. The van der Waals surface area contributed by atoms with E-state index < -0.39 is 46.5 Å². The number of esters is 1. The number of nitrogens with zero attached hydrogens (tertiary/aromatic N) is 1. The van der Waals surface area contributed by atoms with Crippen LogP contribution in [0.15, 0.2) is 36.4 Å². The lowest BCUT2D eigenvalue weighted by Crippen LogP contribution is -2.22. The van der Waals surface area contributed by atoms with E-state index in [2.05, 4.69) is 0 Å². The smallest absolute Gasteiger partial charge is 0.416 e. The number of nitro groups is 1. The highest BCUT2D eigenvalue weighted by molar-refractivity contribution is 5.98. The predicted octanol–water partition coefficient (Wildman–Crippen LogP) is 4.38. The fourth-order valence-electron chi connectivity index (χ4n) is 2.64. The molecule has 170 valence electrons. The summed E-state index contributed by atoms with van der Waals surface area (Å²) < 4.78 is 42.9. The van der Waals surface area contributed by atoms with Crippen molar-refractivity contribution in [1.82, 2.24) is 0 Å². The summed E-state index contributed by atoms with van der Waals surface area (Å²) in [7, 11) is 0. The summed E-state index contributed by atoms with van der Waals surface area (Å²) in [5.74, 6) is -2.11. The summed E-state index contributed by atoms with van der Waals surface area (Å²) in [6.07, 6.45) is -5.23. The van der Waals surface area contributed by atoms with Gasteiger partial charge in [0.05, 0.1) is 16.9 Å². The molecule has 11 heteroatoms. The normalized spacial score (nSPS) is 11.0.